The molecule has 0 saturated heterocycles. The smallest absolute Gasteiger partial charge is 0.251 e. The maximum Gasteiger partial charge on any atom is 0.251 e. The van der Waals surface area contributed by atoms with Crippen molar-refractivity contribution in [3.63, 3.8) is 0 Å². The van der Waals surface area contributed by atoms with Gasteiger partial charge in [-0.3, -0.25) is 9.20 Å². The lowest BCUT2D eigenvalue weighted by atomic mass is 10.1. The molecule has 0 aliphatic rings. The van der Waals surface area contributed by atoms with Gasteiger partial charge in [0, 0.05) is 16.2 Å². The number of rotatable bonds is 3. The Morgan fingerprint density at radius 2 is 2.10 bits per heavy atom. The number of nitrogens with one attached hydrogen (secondary N) is 1. The van der Waals surface area contributed by atoms with Crippen molar-refractivity contribution in [3.05, 3.63) is 64.0 Å². The highest BCUT2D eigenvalue weighted by atomic mass is 79.9. The molecule has 6 heteroatoms. The monoisotopic (exact) mass is 344 g/mol. The first-order valence-electron chi connectivity index (χ1n) is 6.49. The molecule has 0 unspecified atom stereocenters. The van der Waals surface area contributed by atoms with Crippen LogP contribution < -0.4 is 5.32 Å². The molecular weight excluding hydrogens is 332 g/mol. The Balaban J connectivity index is 1.78. The van der Waals surface area contributed by atoms with Gasteiger partial charge in [-0.15, -0.1) is 10.2 Å². The van der Waals surface area contributed by atoms with Crippen LogP contribution >= 0.6 is 15.9 Å². The lowest BCUT2D eigenvalue weighted by Gasteiger charge is -2.08. The van der Waals surface area contributed by atoms with E-state index in [1.54, 1.807) is 6.07 Å². The number of nitrogens with zero attached hydrogens (tertiary/aromatic N) is 3. The summed E-state index contributed by atoms with van der Waals surface area (Å²) in [6.07, 6.45) is 1.88. The molecule has 5 nitrogen and oxygen atoms in total. The number of amides is 1. The fourth-order valence-corrected chi connectivity index (χ4v) is 2.49. The Morgan fingerprint density at radius 1 is 1.24 bits per heavy atom. The average Bonchev–Trinajstić information content (AvgIpc) is 2.91. The summed E-state index contributed by atoms with van der Waals surface area (Å²) in [4.78, 5) is 12.3. The Kier molecular flexibility index (Phi) is 3.70. The summed E-state index contributed by atoms with van der Waals surface area (Å²) >= 11 is 3.43. The Labute approximate surface area is 130 Å². The second-order valence-corrected chi connectivity index (χ2v) is 5.49. The Bertz CT molecular complexity index is 812. The van der Waals surface area contributed by atoms with E-state index in [1.807, 2.05) is 47.9 Å². The molecule has 0 aliphatic carbocycles. The van der Waals surface area contributed by atoms with Crippen LogP contribution in [0.1, 0.15) is 21.7 Å². The van der Waals surface area contributed by atoms with E-state index in [-0.39, 0.29) is 5.91 Å². The summed E-state index contributed by atoms with van der Waals surface area (Å²) in [6.45, 7) is 2.24. The van der Waals surface area contributed by atoms with Gasteiger partial charge in [-0.05, 0) is 36.8 Å². The lowest BCUT2D eigenvalue weighted by molar-refractivity contribution is 0.0949. The van der Waals surface area contributed by atoms with E-state index in [9.17, 15) is 4.79 Å². The van der Waals surface area contributed by atoms with Gasteiger partial charge < -0.3 is 5.32 Å². The van der Waals surface area contributed by atoms with E-state index in [1.165, 1.54) is 0 Å². The molecule has 3 rings (SSSR count). The topological polar surface area (TPSA) is 59.3 Å². The predicted molar refractivity (Wildman–Crippen MR) is 83.0 cm³/mol. The maximum atomic E-state index is 12.3. The molecule has 3 aromatic rings. The van der Waals surface area contributed by atoms with Gasteiger partial charge >= 0.3 is 0 Å². The molecule has 1 aromatic carbocycles. The highest BCUT2D eigenvalue weighted by Crippen LogP contribution is 2.19. The zero-order valence-electron chi connectivity index (χ0n) is 11.4. The number of benzene rings is 1. The summed E-state index contributed by atoms with van der Waals surface area (Å²) in [5, 5.41) is 11.0. The summed E-state index contributed by atoms with van der Waals surface area (Å²) in [6, 6.07) is 11.2. The number of pyridine rings is 1. The van der Waals surface area contributed by atoms with E-state index in [0.29, 0.717) is 17.9 Å². The third kappa shape index (κ3) is 2.67. The van der Waals surface area contributed by atoms with Crippen LogP contribution in [0.15, 0.2) is 47.1 Å². The van der Waals surface area contributed by atoms with Gasteiger partial charge in [-0.1, -0.05) is 28.1 Å². The van der Waals surface area contributed by atoms with Crippen LogP contribution in [0.5, 0.6) is 0 Å². The van der Waals surface area contributed by atoms with E-state index in [2.05, 4.69) is 31.4 Å². The lowest BCUT2D eigenvalue weighted by Crippen LogP contribution is -2.24. The molecule has 1 N–H and O–H groups in total. The van der Waals surface area contributed by atoms with Crippen LogP contribution in [0.4, 0.5) is 0 Å². The van der Waals surface area contributed by atoms with E-state index < -0.39 is 0 Å². The minimum absolute atomic E-state index is 0.124. The van der Waals surface area contributed by atoms with Crippen molar-refractivity contribution in [2.75, 3.05) is 0 Å². The van der Waals surface area contributed by atoms with Crippen LogP contribution in [0.25, 0.3) is 5.65 Å². The van der Waals surface area contributed by atoms with Crippen molar-refractivity contribution in [2.45, 2.75) is 13.5 Å². The molecule has 0 aliphatic heterocycles. The largest absolute Gasteiger partial charge is 0.345 e. The number of hydrogen-bond donors (Lipinski definition) is 1. The highest BCUT2D eigenvalue weighted by molar-refractivity contribution is 9.10. The van der Waals surface area contributed by atoms with Crippen molar-refractivity contribution in [1.82, 2.24) is 19.9 Å². The minimum Gasteiger partial charge on any atom is -0.345 e. The van der Waals surface area contributed by atoms with Crippen LogP contribution in [-0.2, 0) is 6.54 Å². The average molecular weight is 345 g/mol. The molecule has 0 bridgehead atoms. The van der Waals surface area contributed by atoms with Gasteiger partial charge in [-0.25, -0.2) is 0 Å². The first-order valence-corrected chi connectivity index (χ1v) is 7.28. The number of hydrogen-bond acceptors (Lipinski definition) is 3. The van der Waals surface area contributed by atoms with Gasteiger partial charge in [0.2, 0.25) is 0 Å². The van der Waals surface area contributed by atoms with Gasteiger partial charge in [0.05, 0.1) is 6.54 Å². The molecular formula is C15H13BrN4O. The molecule has 0 spiro atoms. The number of carbonyl (C=O) groups is 1. The second kappa shape index (κ2) is 5.65. The SMILES string of the molecule is Cc1c(Br)cccc1C(=O)NCc1nnc2ccccn12. The molecule has 21 heavy (non-hydrogen) atoms. The molecule has 2 heterocycles. The minimum atomic E-state index is -0.124. The number of aromatic nitrogens is 3. The quantitative estimate of drug-likeness (QED) is 0.794. The molecule has 0 atom stereocenters. The number of halogens is 1. The zero-order valence-corrected chi connectivity index (χ0v) is 13.0. The standard InChI is InChI=1S/C15H13BrN4O/c1-10-11(5-4-6-12(10)16)15(21)17-9-14-19-18-13-7-2-3-8-20(13)14/h2-8H,9H2,1H3,(H,17,21). The fraction of sp³-hybridized carbons (Fsp3) is 0.133. The van der Waals surface area contributed by atoms with Crippen LogP contribution in [-0.4, -0.2) is 20.5 Å². The van der Waals surface area contributed by atoms with Gasteiger partial charge in [0.1, 0.15) is 0 Å². The number of fused-ring (bicyclic) bond motifs is 1. The zero-order chi connectivity index (χ0) is 14.8. The summed E-state index contributed by atoms with van der Waals surface area (Å²) in [5.74, 6) is 0.577. The summed E-state index contributed by atoms with van der Waals surface area (Å²) < 4.78 is 2.77. The first kappa shape index (κ1) is 13.8. The van der Waals surface area contributed by atoms with Gasteiger partial charge in [0.25, 0.3) is 5.91 Å². The summed E-state index contributed by atoms with van der Waals surface area (Å²) in [7, 11) is 0. The van der Waals surface area contributed by atoms with Crippen molar-refractivity contribution >= 4 is 27.5 Å². The molecule has 0 fully saturated rings. The molecule has 1 amide bonds. The molecule has 0 saturated carbocycles. The van der Waals surface area contributed by atoms with E-state index in [4.69, 9.17) is 0 Å². The Hall–Kier alpha value is -2.21. The van der Waals surface area contributed by atoms with Crippen molar-refractivity contribution < 1.29 is 4.79 Å². The third-order valence-electron chi connectivity index (χ3n) is 3.30. The first-order chi connectivity index (χ1) is 10.2. The van der Waals surface area contributed by atoms with Crippen LogP contribution in [0.2, 0.25) is 0 Å². The van der Waals surface area contributed by atoms with Crippen molar-refractivity contribution in [3.8, 4) is 0 Å². The molecule has 106 valence electrons. The third-order valence-corrected chi connectivity index (χ3v) is 4.16. The second-order valence-electron chi connectivity index (χ2n) is 4.64. The van der Waals surface area contributed by atoms with Crippen LogP contribution in [0.3, 0.4) is 0 Å². The van der Waals surface area contributed by atoms with Crippen LogP contribution in [0, 0.1) is 6.92 Å². The molecule has 2 aromatic heterocycles. The summed E-state index contributed by atoms with van der Waals surface area (Å²) in [5.41, 5.74) is 2.33. The van der Waals surface area contributed by atoms with Gasteiger partial charge in [0.15, 0.2) is 11.5 Å². The number of carbonyl (C=O) groups excluding carboxylic acids is 1. The van der Waals surface area contributed by atoms with Gasteiger partial charge in [-0.2, -0.15) is 0 Å². The van der Waals surface area contributed by atoms with E-state index in [0.717, 1.165) is 15.7 Å². The Morgan fingerprint density at radius 3 is 2.95 bits per heavy atom. The fourth-order valence-electron chi connectivity index (χ4n) is 2.12. The predicted octanol–water partition coefficient (Wildman–Crippen LogP) is 2.73. The molecule has 0 radical (unpaired) electrons. The normalized spacial score (nSPS) is 10.8. The van der Waals surface area contributed by atoms with Crippen molar-refractivity contribution in [2.24, 2.45) is 0 Å². The van der Waals surface area contributed by atoms with E-state index >= 15 is 0 Å². The highest BCUT2D eigenvalue weighted by Gasteiger charge is 2.12. The van der Waals surface area contributed by atoms with Crippen molar-refractivity contribution in [1.29, 1.82) is 0 Å². The maximum absolute atomic E-state index is 12.3.